The van der Waals surface area contributed by atoms with Crippen LogP contribution in [0.4, 0.5) is 13.2 Å². The molecule has 2 heterocycles. The molecule has 1 atom stereocenters. The highest BCUT2D eigenvalue weighted by atomic mass is 32.2. The molecule has 43 heavy (non-hydrogen) atoms. The third-order valence-corrected chi connectivity index (χ3v) is 8.02. The summed E-state index contributed by atoms with van der Waals surface area (Å²) in [5.41, 5.74) is 1.50. The second kappa shape index (κ2) is 14.5. The highest BCUT2D eigenvalue weighted by molar-refractivity contribution is 7.90. The molecule has 2 aromatic carbocycles. The number of nitrogens with zero attached hydrogens (tertiary/aromatic N) is 3. The number of hydrogen-bond donors (Lipinski definition) is 2. The minimum Gasteiger partial charge on any atom is -0.434 e. The standard InChI is InChI=1S/C28H32F3N5O6S/c29-28(30,31)19-33-27(36-13-15-41-16-14-36)35-22(18-43(39,40)17-20-7-2-1-3-8-20)25(38)32-12-6-10-23(37)26-34-21-9-4-5-11-24(21)42-26/h1-5,7-9,11,22H,6,10,12-19H2,(H,32,38)(H,33,35)/t22-/m0/s1. The van der Waals surface area contributed by atoms with Gasteiger partial charge < -0.3 is 24.7 Å². The first-order valence-electron chi connectivity index (χ1n) is 13.6. The van der Waals surface area contributed by atoms with E-state index in [1.807, 2.05) is 0 Å². The maximum atomic E-state index is 13.3. The van der Waals surface area contributed by atoms with Crippen molar-refractivity contribution in [1.82, 2.24) is 20.5 Å². The van der Waals surface area contributed by atoms with E-state index in [4.69, 9.17) is 9.15 Å². The van der Waals surface area contributed by atoms with Crippen LogP contribution in [-0.2, 0) is 25.1 Å². The lowest BCUT2D eigenvalue weighted by molar-refractivity contribution is -0.122. The second-order valence-corrected chi connectivity index (χ2v) is 12.0. The Balaban J connectivity index is 1.44. The zero-order valence-corrected chi connectivity index (χ0v) is 24.0. The lowest BCUT2D eigenvalue weighted by Gasteiger charge is -2.32. The van der Waals surface area contributed by atoms with E-state index in [0.29, 0.717) is 16.7 Å². The molecule has 0 saturated carbocycles. The first kappa shape index (κ1) is 31.9. The molecule has 0 aliphatic carbocycles. The van der Waals surface area contributed by atoms with Crippen LogP contribution in [0.25, 0.3) is 11.1 Å². The Morgan fingerprint density at radius 2 is 1.74 bits per heavy atom. The van der Waals surface area contributed by atoms with Crippen LogP contribution in [-0.4, -0.2) is 93.3 Å². The Hall–Kier alpha value is -3.98. The van der Waals surface area contributed by atoms with Crippen LogP contribution in [0.5, 0.6) is 0 Å². The molecule has 1 amide bonds. The van der Waals surface area contributed by atoms with Gasteiger partial charge in [-0.15, -0.1) is 0 Å². The molecule has 0 radical (unpaired) electrons. The summed E-state index contributed by atoms with van der Waals surface area (Å²) in [6.45, 7) is -0.669. The monoisotopic (exact) mass is 623 g/mol. The third-order valence-electron chi connectivity index (χ3n) is 6.40. The number of carbonyl (C=O) groups is 2. The highest BCUT2D eigenvalue weighted by Gasteiger charge is 2.31. The number of fused-ring (bicyclic) bond motifs is 1. The number of hydrogen-bond acceptors (Lipinski definition) is 8. The Bertz CT molecular complexity index is 1490. The summed E-state index contributed by atoms with van der Waals surface area (Å²) >= 11 is 0. The number of rotatable bonds is 12. The number of halogens is 3. The van der Waals surface area contributed by atoms with Gasteiger partial charge in [-0.2, -0.15) is 13.2 Å². The molecule has 1 aliphatic rings. The van der Waals surface area contributed by atoms with Gasteiger partial charge in [0.2, 0.25) is 11.7 Å². The highest BCUT2D eigenvalue weighted by Crippen LogP contribution is 2.17. The average Bonchev–Trinajstić information content (AvgIpc) is 3.41. The SMILES string of the molecule is O=C(CCCNC(=O)[C@H](CS(=O)(=O)Cc1ccccc1)NC(=NCC(F)(F)F)N1CCOCC1)c1nc2ccccc2o1. The number of aromatic nitrogens is 1. The molecular formula is C28H32F3N5O6S. The molecule has 232 valence electrons. The number of aliphatic imine (C=N–C) groups is 1. The van der Waals surface area contributed by atoms with Gasteiger partial charge in [0.25, 0.3) is 5.89 Å². The Labute approximate surface area is 246 Å². The zero-order valence-electron chi connectivity index (χ0n) is 23.2. The summed E-state index contributed by atoms with van der Waals surface area (Å²) in [4.78, 5) is 35.1. The maximum absolute atomic E-state index is 13.3. The molecule has 1 saturated heterocycles. The first-order valence-corrected chi connectivity index (χ1v) is 15.4. The van der Waals surface area contributed by atoms with E-state index < -0.39 is 40.3 Å². The summed E-state index contributed by atoms with van der Waals surface area (Å²) in [5.74, 6) is -2.52. The number of carbonyl (C=O) groups excluding carboxylic acids is 2. The molecule has 2 N–H and O–H groups in total. The molecule has 0 unspecified atom stereocenters. The van der Waals surface area contributed by atoms with E-state index in [9.17, 15) is 31.2 Å². The largest absolute Gasteiger partial charge is 0.434 e. The fraction of sp³-hybridized carbons (Fsp3) is 0.429. The molecular weight excluding hydrogens is 591 g/mol. The van der Waals surface area contributed by atoms with Crippen LogP contribution >= 0.6 is 0 Å². The average molecular weight is 624 g/mol. The third kappa shape index (κ3) is 10.1. The van der Waals surface area contributed by atoms with Gasteiger partial charge in [0.1, 0.15) is 18.1 Å². The van der Waals surface area contributed by atoms with Gasteiger partial charge in [0.15, 0.2) is 21.4 Å². The molecule has 3 aromatic rings. The fourth-order valence-corrected chi connectivity index (χ4v) is 5.90. The quantitative estimate of drug-likeness (QED) is 0.135. The number of para-hydroxylation sites is 2. The van der Waals surface area contributed by atoms with Crippen LogP contribution in [0.15, 0.2) is 64.0 Å². The fourth-order valence-electron chi connectivity index (χ4n) is 4.34. The Morgan fingerprint density at radius 1 is 1.05 bits per heavy atom. The first-order chi connectivity index (χ1) is 20.5. The van der Waals surface area contributed by atoms with Gasteiger partial charge in [0, 0.05) is 26.1 Å². The topological polar surface area (TPSA) is 143 Å². The number of alkyl halides is 3. The number of benzene rings is 2. The Kier molecular flexibility index (Phi) is 10.7. The number of sulfone groups is 1. The van der Waals surface area contributed by atoms with Crippen LogP contribution in [0, 0.1) is 0 Å². The van der Waals surface area contributed by atoms with Gasteiger partial charge in [0.05, 0.1) is 24.7 Å². The zero-order chi connectivity index (χ0) is 30.9. The number of Topliss-reactive ketones (excluding diaryl/α,β-unsaturated/α-hetero) is 1. The van der Waals surface area contributed by atoms with Crippen molar-refractivity contribution in [3.63, 3.8) is 0 Å². The number of oxazole rings is 1. The van der Waals surface area contributed by atoms with Gasteiger partial charge >= 0.3 is 6.18 Å². The molecule has 11 nitrogen and oxygen atoms in total. The summed E-state index contributed by atoms with van der Waals surface area (Å²) in [6, 6.07) is 13.8. The van der Waals surface area contributed by atoms with E-state index in [0.717, 1.165) is 0 Å². The number of ketones is 1. The van der Waals surface area contributed by atoms with Crippen LogP contribution in [0.2, 0.25) is 0 Å². The van der Waals surface area contributed by atoms with Crippen molar-refractivity contribution >= 4 is 38.6 Å². The van der Waals surface area contributed by atoms with Gasteiger partial charge in [-0.25, -0.2) is 18.4 Å². The summed E-state index contributed by atoms with van der Waals surface area (Å²) in [6.07, 6.45) is -4.44. The van der Waals surface area contributed by atoms with Gasteiger partial charge in [-0.1, -0.05) is 42.5 Å². The predicted octanol–water partition coefficient (Wildman–Crippen LogP) is 2.73. The van der Waals surface area contributed by atoms with E-state index in [1.165, 1.54) is 4.90 Å². The number of amides is 1. The number of nitrogens with one attached hydrogen (secondary N) is 2. The van der Waals surface area contributed by atoms with Crippen molar-refractivity contribution < 1.29 is 40.3 Å². The molecule has 1 aromatic heterocycles. The number of morpholine rings is 1. The van der Waals surface area contributed by atoms with Crippen LogP contribution < -0.4 is 10.6 Å². The molecule has 0 bridgehead atoms. The van der Waals surface area contributed by atoms with Crippen molar-refractivity contribution in [1.29, 1.82) is 0 Å². The van der Waals surface area contributed by atoms with E-state index in [-0.39, 0.29) is 69.1 Å². The predicted molar refractivity (Wildman–Crippen MR) is 152 cm³/mol. The smallest absolute Gasteiger partial charge is 0.408 e. The minimum absolute atomic E-state index is 0.00566. The van der Waals surface area contributed by atoms with Crippen molar-refractivity contribution in [3.05, 3.63) is 66.1 Å². The van der Waals surface area contributed by atoms with Crippen molar-refractivity contribution in [2.75, 3.05) is 45.1 Å². The number of ether oxygens (including phenoxy) is 1. The summed E-state index contributed by atoms with van der Waals surface area (Å²) in [5, 5.41) is 5.26. The Morgan fingerprint density at radius 3 is 2.44 bits per heavy atom. The van der Waals surface area contributed by atoms with E-state index in [1.54, 1.807) is 54.6 Å². The van der Waals surface area contributed by atoms with Crippen LogP contribution in [0.3, 0.4) is 0 Å². The van der Waals surface area contributed by atoms with Gasteiger partial charge in [-0.05, 0) is 24.1 Å². The van der Waals surface area contributed by atoms with Gasteiger partial charge in [-0.3, -0.25) is 9.59 Å². The van der Waals surface area contributed by atoms with Crippen molar-refractivity contribution in [2.24, 2.45) is 4.99 Å². The minimum atomic E-state index is -4.61. The molecule has 1 fully saturated rings. The van der Waals surface area contributed by atoms with Crippen molar-refractivity contribution in [3.8, 4) is 0 Å². The second-order valence-electron chi connectivity index (χ2n) is 9.90. The van der Waals surface area contributed by atoms with Crippen molar-refractivity contribution in [2.45, 2.75) is 30.8 Å². The number of guanidine groups is 1. The van der Waals surface area contributed by atoms with E-state index in [2.05, 4.69) is 20.6 Å². The lowest BCUT2D eigenvalue weighted by Crippen LogP contribution is -2.56. The molecule has 15 heteroatoms. The molecule has 0 spiro atoms. The maximum Gasteiger partial charge on any atom is 0.408 e. The summed E-state index contributed by atoms with van der Waals surface area (Å²) < 4.78 is 76.1. The molecule has 1 aliphatic heterocycles. The normalized spacial score (nSPS) is 15.3. The summed E-state index contributed by atoms with van der Waals surface area (Å²) in [7, 11) is -3.91. The van der Waals surface area contributed by atoms with Crippen LogP contribution in [0.1, 0.15) is 29.1 Å². The van der Waals surface area contributed by atoms with E-state index >= 15 is 0 Å². The molecule has 4 rings (SSSR count). The lowest BCUT2D eigenvalue weighted by atomic mass is 10.2.